The monoisotopic (exact) mass is 364 g/mol. The zero-order valence-corrected chi connectivity index (χ0v) is 15.8. The third-order valence-corrected chi connectivity index (χ3v) is 4.34. The summed E-state index contributed by atoms with van der Waals surface area (Å²) in [6.45, 7) is 10.4. The summed E-state index contributed by atoms with van der Waals surface area (Å²) < 4.78 is 11.0. The van der Waals surface area contributed by atoms with Crippen LogP contribution >= 0.6 is 0 Å². The van der Waals surface area contributed by atoms with Gasteiger partial charge in [-0.25, -0.2) is 9.59 Å². The lowest BCUT2D eigenvalue weighted by Crippen LogP contribution is -2.33. The third kappa shape index (κ3) is 5.68. The first-order chi connectivity index (χ1) is 12.2. The van der Waals surface area contributed by atoms with Gasteiger partial charge in [-0.1, -0.05) is 24.3 Å². The van der Waals surface area contributed by atoms with E-state index in [1.807, 2.05) is 6.92 Å². The van der Waals surface area contributed by atoms with E-state index in [1.165, 1.54) is 0 Å². The minimum atomic E-state index is -0.688. The van der Waals surface area contributed by atoms with Crippen LogP contribution in [0.25, 0.3) is 0 Å². The predicted octanol–water partition coefficient (Wildman–Crippen LogP) is 2.23. The lowest BCUT2D eigenvalue weighted by molar-refractivity contribution is -0.147. The van der Waals surface area contributed by atoms with Crippen LogP contribution in [0, 0.1) is 5.92 Å². The van der Waals surface area contributed by atoms with Crippen molar-refractivity contribution in [1.29, 1.82) is 0 Å². The number of aliphatic hydroxyl groups excluding tert-OH is 2. The largest absolute Gasteiger partial charge is 0.458 e. The van der Waals surface area contributed by atoms with E-state index in [0.717, 1.165) is 5.57 Å². The van der Waals surface area contributed by atoms with Crippen molar-refractivity contribution in [3.05, 3.63) is 47.1 Å². The highest BCUT2D eigenvalue weighted by Gasteiger charge is 2.44. The van der Waals surface area contributed by atoms with E-state index in [-0.39, 0.29) is 18.8 Å². The standard InChI is InChI=1S/C20H28O6/c1-6-14(4)19(23)25-16(9-12(2)7-8-21)18-15(5)20(24)26-17(18)10-13(3)11-22/h6-7,10,16-18,21-22H,5,8-9,11H2,1-4H3/b12-7+,13-10+,14-6-/t16-,17+,18+/m0/s1. The van der Waals surface area contributed by atoms with Gasteiger partial charge in [-0.15, -0.1) is 0 Å². The van der Waals surface area contributed by atoms with Crippen molar-refractivity contribution in [2.24, 2.45) is 5.92 Å². The lowest BCUT2D eigenvalue weighted by atomic mass is 9.86. The van der Waals surface area contributed by atoms with Gasteiger partial charge in [0.1, 0.15) is 12.2 Å². The van der Waals surface area contributed by atoms with Crippen LogP contribution in [0.2, 0.25) is 0 Å². The molecule has 0 aliphatic carbocycles. The van der Waals surface area contributed by atoms with Gasteiger partial charge >= 0.3 is 11.9 Å². The summed E-state index contributed by atoms with van der Waals surface area (Å²) in [4.78, 5) is 24.3. The average Bonchev–Trinajstić information content (AvgIpc) is 2.87. The minimum absolute atomic E-state index is 0.131. The van der Waals surface area contributed by atoms with Crippen LogP contribution in [-0.4, -0.2) is 47.6 Å². The summed E-state index contributed by atoms with van der Waals surface area (Å²) in [6, 6.07) is 0. The third-order valence-electron chi connectivity index (χ3n) is 4.34. The molecule has 3 atom stereocenters. The molecule has 1 saturated heterocycles. The molecule has 0 aromatic rings. The number of allylic oxidation sites excluding steroid dienone is 1. The Kier molecular flexibility index (Phi) is 8.48. The van der Waals surface area contributed by atoms with Crippen molar-refractivity contribution in [1.82, 2.24) is 0 Å². The Labute approximate surface area is 154 Å². The molecule has 0 bridgehead atoms. The number of rotatable bonds is 8. The normalized spacial score (nSPS) is 23.1. The molecule has 0 amide bonds. The molecule has 1 aliphatic rings. The Balaban J connectivity index is 3.22. The quantitative estimate of drug-likeness (QED) is 0.390. The van der Waals surface area contributed by atoms with Crippen molar-refractivity contribution in [2.45, 2.75) is 46.3 Å². The molecular formula is C20H28O6. The molecule has 144 valence electrons. The van der Waals surface area contributed by atoms with Gasteiger partial charge in [0.25, 0.3) is 0 Å². The van der Waals surface area contributed by atoms with E-state index in [9.17, 15) is 14.7 Å². The van der Waals surface area contributed by atoms with Gasteiger partial charge in [-0.2, -0.15) is 0 Å². The number of hydrogen-bond acceptors (Lipinski definition) is 6. The Hall–Kier alpha value is -2.18. The van der Waals surface area contributed by atoms with E-state index in [4.69, 9.17) is 14.6 Å². The fraction of sp³-hybridized carbons (Fsp3) is 0.500. The number of carbonyl (C=O) groups excluding carboxylic acids is 2. The van der Waals surface area contributed by atoms with Gasteiger partial charge < -0.3 is 19.7 Å². The number of ether oxygens (including phenoxy) is 2. The Morgan fingerprint density at radius 2 is 1.96 bits per heavy atom. The van der Waals surface area contributed by atoms with Crippen LogP contribution in [0.3, 0.4) is 0 Å². The van der Waals surface area contributed by atoms with Crippen molar-refractivity contribution < 1.29 is 29.3 Å². The Morgan fingerprint density at radius 3 is 2.50 bits per heavy atom. The summed E-state index contributed by atoms with van der Waals surface area (Å²) in [5, 5.41) is 18.3. The summed E-state index contributed by atoms with van der Waals surface area (Å²) in [5.41, 5.74) is 2.13. The topological polar surface area (TPSA) is 93.1 Å². The van der Waals surface area contributed by atoms with Gasteiger partial charge in [0.05, 0.1) is 19.1 Å². The summed E-state index contributed by atoms with van der Waals surface area (Å²) in [5.74, 6) is -1.60. The maximum absolute atomic E-state index is 12.3. The van der Waals surface area contributed by atoms with E-state index in [1.54, 1.807) is 39.0 Å². The summed E-state index contributed by atoms with van der Waals surface area (Å²) in [7, 11) is 0. The van der Waals surface area contributed by atoms with E-state index in [0.29, 0.717) is 17.6 Å². The van der Waals surface area contributed by atoms with Crippen LogP contribution in [0.5, 0.6) is 0 Å². The van der Waals surface area contributed by atoms with E-state index in [2.05, 4.69) is 6.58 Å². The molecule has 0 radical (unpaired) electrons. The molecule has 0 spiro atoms. The van der Waals surface area contributed by atoms with Crippen molar-refractivity contribution >= 4 is 11.9 Å². The zero-order chi connectivity index (χ0) is 19.9. The highest BCUT2D eigenvalue weighted by atomic mass is 16.6. The SMILES string of the molecule is C=C1C(=O)O[C@H](/C=C(\C)CO)[C@H]1[C@H](C/C(C)=C/CO)OC(=O)/C(C)=C\C. The highest BCUT2D eigenvalue weighted by Crippen LogP contribution is 2.35. The maximum atomic E-state index is 12.3. The molecule has 0 aromatic heterocycles. The predicted molar refractivity (Wildman–Crippen MR) is 98.1 cm³/mol. The fourth-order valence-corrected chi connectivity index (χ4v) is 2.66. The number of esters is 2. The van der Waals surface area contributed by atoms with Gasteiger partial charge in [0.2, 0.25) is 0 Å². The van der Waals surface area contributed by atoms with Gasteiger partial charge in [0.15, 0.2) is 0 Å². The number of aliphatic hydroxyl groups is 2. The lowest BCUT2D eigenvalue weighted by Gasteiger charge is -2.26. The summed E-state index contributed by atoms with van der Waals surface area (Å²) >= 11 is 0. The second kappa shape index (κ2) is 10.1. The smallest absolute Gasteiger partial charge is 0.334 e. The molecule has 0 saturated carbocycles. The minimum Gasteiger partial charge on any atom is -0.458 e. The van der Waals surface area contributed by atoms with Crippen molar-refractivity contribution in [3.8, 4) is 0 Å². The Bertz CT molecular complexity index is 641. The highest BCUT2D eigenvalue weighted by molar-refractivity contribution is 5.92. The van der Waals surface area contributed by atoms with E-state index >= 15 is 0 Å². The first-order valence-corrected chi connectivity index (χ1v) is 8.53. The summed E-state index contributed by atoms with van der Waals surface area (Å²) in [6.07, 6.45) is 3.88. The van der Waals surface area contributed by atoms with Gasteiger partial charge in [-0.05, 0) is 39.3 Å². The molecule has 1 fully saturated rings. The second-order valence-electron chi connectivity index (χ2n) is 6.44. The molecule has 1 rings (SSSR count). The second-order valence-corrected chi connectivity index (χ2v) is 6.44. The zero-order valence-electron chi connectivity index (χ0n) is 15.8. The molecule has 0 aromatic carbocycles. The molecule has 6 heteroatoms. The molecule has 1 aliphatic heterocycles. The molecule has 0 unspecified atom stereocenters. The van der Waals surface area contributed by atoms with Gasteiger partial charge in [0, 0.05) is 17.6 Å². The maximum Gasteiger partial charge on any atom is 0.334 e. The first kappa shape index (κ1) is 21.9. The average molecular weight is 364 g/mol. The molecule has 1 heterocycles. The van der Waals surface area contributed by atoms with Crippen molar-refractivity contribution in [2.75, 3.05) is 13.2 Å². The Morgan fingerprint density at radius 1 is 1.31 bits per heavy atom. The fourth-order valence-electron chi connectivity index (χ4n) is 2.66. The van der Waals surface area contributed by atoms with Crippen LogP contribution in [0.15, 0.2) is 47.1 Å². The van der Waals surface area contributed by atoms with Crippen LogP contribution < -0.4 is 0 Å². The van der Waals surface area contributed by atoms with Crippen molar-refractivity contribution in [3.63, 3.8) is 0 Å². The van der Waals surface area contributed by atoms with Crippen LogP contribution in [0.4, 0.5) is 0 Å². The van der Waals surface area contributed by atoms with E-state index < -0.39 is 30.1 Å². The number of carbonyl (C=O) groups is 2. The molecular weight excluding hydrogens is 336 g/mol. The van der Waals surface area contributed by atoms with Crippen LogP contribution in [-0.2, 0) is 19.1 Å². The molecule has 2 N–H and O–H groups in total. The van der Waals surface area contributed by atoms with Gasteiger partial charge in [-0.3, -0.25) is 0 Å². The number of cyclic esters (lactones) is 1. The number of hydrogen-bond donors (Lipinski definition) is 2. The molecule has 6 nitrogen and oxygen atoms in total. The van der Waals surface area contributed by atoms with Crippen LogP contribution in [0.1, 0.15) is 34.1 Å². The molecule has 26 heavy (non-hydrogen) atoms. The first-order valence-electron chi connectivity index (χ1n) is 8.53.